The third kappa shape index (κ3) is 5.10. The molecular formula is C26H38O2. The highest BCUT2D eigenvalue weighted by atomic mass is 16.3. The lowest BCUT2D eigenvalue weighted by Gasteiger charge is -2.28. The molecule has 28 heavy (non-hydrogen) atoms. The van der Waals surface area contributed by atoms with E-state index < -0.39 is 0 Å². The highest BCUT2D eigenvalue weighted by Crippen LogP contribution is 2.40. The van der Waals surface area contributed by atoms with Gasteiger partial charge in [-0.3, -0.25) is 0 Å². The van der Waals surface area contributed by atoms with Crippen LogP contribution in [0.3, 0.4) is 0 Å². The highest BCUT2D eigenvalue weighted by molar-refractivity contribution is 5.50. The number of rotatable bonds is 3. The van der Waals surface area contributed by atoms with Gasteiger partial charge in [-0.2, -0.15) is 0 Å². The molecule has 0 heterocycles. The van der Waals surface area contributed by atoms with Gasteiger partial charge in [-0.25, -0.2) is 0 Å². The molecule has 0 atom stereocenters. The summed E-state index contributed by atoms with van der Waals surface area (Å²) in [6.07, 6.45) is 1.81. The van der Waals surface area contributed by atoms with Crippen LogP contribution in [0.1, 0.15) is 90.1 Å². The van der Waals surface area contributed by atoms with Crippen LogP contribution in [0, 0.1) is 0 Å². The van der Waals surface area contributed by atoms with Gasteiger partial charge in [-0.1, -0.05) is 86.6 Å². The largest absolute Gasteiger partial charge is 0.508 e. The van der Waals surface area contributed by atoms with E-state index in [1.165, 1.54) is 11.1 Å². The smallest absolute Gasteiger partial charge is 0.123 e. The SMILES string of the molecule is CC(C)(C)c1cc(CCc2cc(C(C)(C)C)c(O)c(C(C)(C)C)c2)ccc1O. The first-order valence-corrected chi connectivity index (χ1v) is 10.3. The number of aryl methyl sites for hydroxylation is 2. The molecule has 2 rings (SSSR count). The molecule has 2 aromatic rings. The Labute approximate surface area is 171 Å². The van der Waals surface area contributed by atoms with Crippen LogP contribution in [0.2, 0.25) is 0 Å². The number of aromatic hydroxyl groups is 2. The molecule has 0 saturated carbocycles. The Hall–Kier alpha value is -1.96. The summed E-state index contributed by atoms with van der Waals surface area (Å²) >= 11 is 0. The van der Waals surface area contributed by atoms with E-state index in [0.717, 1.165) is 29.5 Å². The van der Waals surface area contributed by atoms with E-state index in [1.54, 1.807) is 0 Å². The average molecular weight is 383 g/mol. The molecule has 2 N–H and O–H groups in total. The lowest BCUT2D eigenvalue weighted by atomic mass is 9.78. The second-order valence-corrected chi connectivity index (χ2v) is 11.1. The van der Waals surface area contributed by atoms with Crippen molar-refractivity contribution < 1.29 is 10.2 Å². The van der Waals surface area contributed by atoms with Crippen LogP contribution in [0.5, 0.6) is 11.5 Å². The molecule has 154 valence electrons. The van der Waals surface area contributed by atoms with E-state index in [4.69, 9.17) is 0 Å². The van der Waals surface area contributed by atoms with Crippen molar-refractivity contribution in [2.45, 2.75) is 91.4 Å². The summed E-state index contributed by atoms with van der Waals surface area (Å²) in [5, 5.41) is 21.1. The van der Waals surface area contributed by atoms with E-state index in [-0.39, 0.29) is 16.2 Å². The maximum absolute atomic E-state index is 10.9. The minimum atomic E-state index is -0.113. The van der Waals surface area contributed by atoms with Gasteiger partial charge < -0.3 is 10.2 Å². The Balaban J connectivity index is 2.40. The monoisotopic (exact) mass is 382 g/mol. The lowest BCUT2D eigenvalue weighted by Crippen LogP contribution is -2.18. The predicted octanol–water partition coefficient (Wildman–Crippen LogP) is 6.78. The zero-order valence-corrected chi connectivity index (χ0v) is 19.2. The summed E-state index contributed by atoms with van der Waals surface area (Å²) in [6, 6.07) is 10.3. The zero-order chi connectivity index (χ0) is 21.5. The van der Waals surface area contributed by atoms with Gasteiger partial charge >= 0.3 is 0 Å². The van der Waals surface area contributed by atoms with Crippen molar-refractivity contribution in [3.8, 4) is 11.5 Å². The van der Waals surface area contributed by atoms with Crippen LogP contribution in [-0.2, 0) is 29.1 Å². The number of phenols is 2. The van der Waals surface area contributed by atoms with Gasteiger partial charge in [0.25, 0.3) is 0 Å². The Morgan fingerprint density at radius 1 is 0.571 bits per heavy atom. The molecule has 0 bridgehead atoms. The fourth-order valence-corrected chi connectivity index (χ4v) is 3.61. The van der Waals surface area contributed by atoms with E-state index >= 15 is 0 Å². The maximum Gasteiger partial charge on any atom is 0.123 e. The van der Waals surface area contributed by atoms with E-state index in [1.807, 2.05) is 12.1 Å². The normalized spacial score (nSPS) is 13.0. The first-order valence-electron chi connectivity index (χ1n) is 10.3. The van der Waals surface area contributed by atoms with Gasteiger partial charge in [-0.05, 0) is 63.0 Å². The third-order valence-corrected chi connectivity index (χ3v) is 5.36. The molecule has 0 amide bonds. The predicted molar refractivity (Wildman–Crippen MR) is 120 cm³/mol. The first-order chi connectivity index (χ1) is 12.6. The summed E-state index contributed by atoms with van der Waals surface area (Å²) in [5.74, 6) is 0.800. The minimum absolute atomic E-state index is 0.0859. The molecular weight excluding hydrogens is 344 g/mol. The van der Waals surface area contributed by atoms with Gasteiger partial charge in [-0.15, -0.1) is 0 Å². The van der Waals surface area contributed by atoms with Crippen molar-refractivity contribution in [1.82, 2.24) is 0 Å². The lowest BCUT2D eigenvalue weighted by molar-refractivity contribution is 0.422. The maximum atomic E-state index is 10.9. The number of hydrogen-bond acceptors (Lipinski definition) is 2. The molecule has 0 fully saturated rings. The van der Waals surface area contributed by atoms with Crippen molar-refractivity contribution in [1.29, 1.82) is 0 Å². The number of benzene rings is 2. The summed E-state index contributed by atoms with van der Waals surface area (Å²) < 4.78 is 0. The van der Waals surface area contributed by atoms with E-state index in [0.29, 0.717) is 11.5 Å². The second-order valence-electron chi connectivity index (χ2n) is 11.1. The van der Waals surface area contributed by atoms with Crippen molar-refractivity contribution in [3.05, 3.63) is 58.1 Å². The molecule has 0 radical (unpaired) electrons. The molecule has 0 aliphatic heterocycles. The molecule has 0 aliphatic rings. The Morgan fingerprint density at radius 3 is 1.39 bits per heavy atom. The molecule has 0 aliphatic carbocycles. The van der Waals surface area contributed by atoms with Crippen molar-refractivity contribution in [2.24, 2.45) is 0 Å². The van der Waals surface area contributed by atoms with Crippen LogP contribution >= 0.6 is 0 Å². The van der Waals surface area contributed by atoms with Gasteiger partial charge in [0.1, 0.15) is 11.5 Å². The van der Waals surface area contributed by atoms with Gasteiger partial charge in [0.2, 0.25) is 0 Å². The fourth-order valence-electron chi connectivity index (χ4n) is 3.61. The van der Waals surface area contributed by atoms with Crippen LogP contribution in [0.15, 0.2) is 30.3 Å². The summed E-state index contributed by atoms with van der Waals surface area (Å²) in [4.78, 5) is 0. The van der Waals surface area contributed by atoms with Crippen molar-refractivity contribution >= 4 is 0 Å². The van der Waals surface area contributed by atoms with Gasteiger partial charge in [0, 0.05) is 0 Å². The standard InChI is InChI=1S/C26H38O2/c1-24(2,3)19-14-17(12-13-22(19)27)10-11-18-15-20(25(4,5)6)23(28)21(16-18)26(7,8)9/h12-16,27-28H,10-11H2,1-9H3. The average Bonchev–Trinajstić information content (AvgIpc) is 2.51. The van der Waals surface area contributed by atoms with Gasteiger partial charge in [0.15, 0.2) is 0 Å². The third-order valence-electron chi connectivity index (χ3n) is 5.36. The van der Waals surface area contributed by atoms with Crippen LogP contribution in [0.4, 0.5) is 0 Å². The molecule has 2 nitrogen and oxygen atoms in total. The van der Waals surface area contributed by atoms with Crippen molar-refractivity contribution in [3.63, 3.8) is 0 Å². The van der Waals surface area contributed by atoms with Crippen LogP contribution in [-0.4, -0.2) is 10.2 Å². The highest BCUT2D eigenvalue weighted by Gasteiger charge is 2.26. The second kappa shape index (κ2) is 7.46. The number of hydrogen-bond donors (Lipinski definition) is 2. The molecule has 0 unspecified atom stereocenters. The Morgan fingerprint density at radius 2 is 0.964 bits per heavy atom. The zero-order valence-electron chi connectivity index (χ0n) is 19.2. The van der Waals surface area contributed by atoms with E-state index in [2.05, 4.69) is 80.5 Å². The molecule has 0 saturated heterocycles. The minimum Gasteiger partial charge on any atom is -0.508 e. The Bertz CT molecular complexity index is 805. The topological polar surface area (TPSA) is 40.5 Å². The molecule has 0 spiro atoms. The first kappa shape index (κ1) is 22.3. The quantitative estimate of drug-likeness (QED) is 0.614. The van der Waals surface area contributed by atoms with Crippen LogP contribution in [0.25, 0.3) is 0 Å². The summed E-state index contributed by atoms with van der Waals surface area (Å²) in [5.41, 5.74) is 5.17. The molecule has 2 aromatic carbocycles. The van der Waals surface area contributed by atoms with Crippen molar-refractivity contribution in [2.75, 3.05) is 0 Å². The van der Waals surface area contributed by atoms with E-state index in [9.17, 15) is 10.2 Å². The summed E-state index contributed by atoms with van der Waals surface area (Å²) in [7, 11) is 0. The molecule has 0 aromatic heterocycles. The Kier molecular flexibility index (Phi) is 5.95. The fraction of sp³-hybridized carbons (Fsp3) is 0.538. The number of phenolic OH excluding ortho intramolecular Hbond substituents is 2. The van der Waals surface area contributed by atoms with Gasteiger partial charge in [0.05, 0.1) is 0 Å². The molecule has 2 heteroatoms. The van der Waals surface area contributed by atoms with Crippen LogP contribution < -0.4 is 0 Å². The summed E-state index contributed by atoms with van der Waals surface area (Å²) in [6.45, 7) is 19.2.